The first-order valence-electron chi connectivity index (χ1n) is 5.30. The summed E-state index contributed by atoms with van der Waals surface area (Å²) in [6.45, 7) is 1.22. The predicted octanol–water partition coefficient (Wildman–Crippen LogP) is 1.57. The smallest absolute Gasteiger partial charge is 0.251 e. The van der Waals surface area contributed by atoms with Crippen LogP contribution in [0.3, 0.4) is 0 Å². The van der Waals surface area contributed by atoms with Crippen molar-refractivity contribution in [1.82, 2.24) is 5.32 Å². The van der Waals surface area contributed by atoms with Crippen LogP contribution < -0.4 is 20.5 Å². The van der Waals surface area contributed by atoms with Crippen LogP contribution in [-0.4, -0.2) is 25.8 Å². The van der Waals surface area contributed by atoms with Crippen LogP contribution in [-0.2, 0) is 0 Å². The van der Waals surface area contributed by atoms with Gasteiger partial charge in [-0.2, -0.15) is 0 Å². The fourth-order valence-electron chi connectivity index (χ4n) is 1.50. The van der Waals surface area contributed by atoms with Crippen LogP contribution in [0.5, 0.6) is 11.5 Å². The highest BCUT2D eigenvalue weighted by Crippen LogP contribution is 2.39. The monoisotopic (exact) mass is 292 g/mol. The molecule has 18 heavy (non-hydrogen) atoms. The fraction of sp³-hybridized carbons (Fsp3) is 0.364. The largest absolute Gasteiger partial charge is 0.454 e. The lowest BCUT2D eigenvalue weighted by atomic mass is 10.2. The van der Waals surface area contributed by atoms with Gasteiger partial charge in [0.2, 0.25) is 6.79 Å². The maximum Gasteiger partial charge on any atom is 0.251 e. The van der Waals surface area contributed by atoms with Gasteiger partial charge in [-0.1, -0.05) is 11.6 Å². The standard InChI is InChI=1S/C11H13ClN2O3.ClH/c12-8-4-7(11(15)14-3-1-2-13)5-9-10(8)17-6-16-9;/h4-5H,1-3,6,13H2,(H,14,15);1H. The maximum absolute atomic E-state index is 11.8. The Kier molecular flexibility index (Phi) is 5.53. The molecule has 1 heterocycles. The molecule has 0 atom stereocenters. The molecule has 0 saturated carbocycles. The molecule has 2 rings (SSSR count). The van der Waals surface area contributed by atoms with Crippen molar-refractivity contribution in [2.24, 2.45) is 5.73 Å². The highest BCUT2D eigenvalue weighted by molar-refractivity contribution is 6.32. The van der Waals surface area contributed by atoms with E-state index in [0.717, 1.165) is 6.42 Å². The third-order valence-corrected chi connectivity index (χ3v) is 2.64. The SMILES string of the molecule is Cl.NCCCNC(=O)c1cc(Cl)c2c(c1)OCO2. The molecule has 7 heteroatoms. The zero-order valence-corrected chi connectivity index (χ0v) is 11.1. The van der Waals surface area contributed by atoms with Gasteiger partial charge in [0.05, 0.1) is 5.02 Å². The minimum absolute atomic E-state index is 0. The molecule has 0 radical (unpaired) electrons. The molecule has 0 aliphatic carbocycles. The number of hydrogen-bond acceptors (Lipinski definition) is 4. The Morgan fingerprint density at radius 2 is 2.22 bits per heavy atom. The minimum Gasteiger partial charge on any atom is -0.454 e. The van der Waals surface area contributed by atoms with Crippen molar-refractivity contribution >= 4 is 29.9 Å². The van der Waals surface area contributed by atoms with Gasteiger partial charge in [-0.3, -0.25) is 4.79 Å². The highest BCUT2D eigenvalue weighted by atomic mass is 35.5. The molecule has 3 N–H and O–H groups in total. The molecule has 0 spiro atoms. The fourth-order valence-corrected chi connectivity index (χ4v) is 1.77. The Morgan fingerprint density at radius 3 is 2.94 bits per heavy atom. The van der Waals surface area contributed by atoms with Gasteiger partial charge in [0.1, 0.15) is 0 Å². The Bertz CT molecular complexity index is 441. The average Bonchev–Trinajstić information content (AvgIpc) is 2.77. The maximum atomic E-state index is 11.8. The van der Waals surface area contributed by atoms with Crippen LogP contribution in [0.25, 0.3) is 0 Å². The van der Waals surface area contributed by atoms with Gasteiger partial charge in [-0.25, -0.2) is 0 Å². The number of ether oxygens (including phenoxy) is 2. The van der Waals surface area contributed by atoms with Crippen molar-refractivity contribution in [3.8, 4) is 11.5 Å². The molecule has 0 unspecified atom stereocenters. The topological polar surface area (TPSA) is 73.6 Å². The van der Waals surface area contributed by atoms with Gasteiger partial charge >= 0.3 is 0 Å². The van der Waals surface area contributed by atoms with Crippen molar-refractivity contribution in [3.63, 3.8) is 0 Å². The predicted molar refractivity (Wildman–Crippen MR) is 70.8 cm³/mol. The van der Waals surface area contributed by atoms with Gasteiger partial charge < -0.3 is 20.5 Å². The lowest BCUT2D eigenvalue weighted by Gasteiger charge is -2.06. The second kappa shape index (κ2) is 6.68. The molecule has 1 aromatic carbocycles. The van der Waals surface area contributed by atoms with E-state index < -0.39 is 0 Å². The van der Waals surface area contributed by atoms with Gasteiger partial charge in [0.15, 0.2) is 11.5 Å². The summed E-state index contributed by atoms with van der Waals surface area (Å²) in [5.74, 6) is 0.797. The lowest BCUT2D eigenvalue weighted by Crippen LogP contribution is -2.25. The summed E-state index contributed by atoms with van der Waals surface area (Å²) >= 11 is 5.98. The third-order valence-electron chi connectivity index (χ3n) is 2.36. The summed E-state index contributed by atoms with van der Waals surface area (Å²) in [7, 11) is 0. The van der Waals surface area contributed by atoms with Crippen molar-refractivity contribution in [1.29, 1.82) is 0 Å². The molecule has 1 aliphatic heterocycles. The summed E-state index contributed by atoms with van der Waals surface area (Å²) < 4.78 is 10.3. The van der Waals surface area contributed by atoms with E-state index in [1.807, 2.05) is 0 Å². The van der Waals surface area contributed by atoms with E-state index in [1.165, 1.54) is 0 Å². The van der Waals surface area contributed by atoms with E-state index in [1.54, 1.807) is 12.1 Å². The zero-order chi connectivity index (χ0) is 12.3. The van der Waals surface area contributed by atoms with E-state index in [9.17, 15) is 4.79 Å². The zero-order valence-electron chi connectivity index (χ0n) is 9.57. The number of nitrogens with one attached hydrogen (secondary N) is 1. The van der Waals surface area contributed by atoms with Gasteiger partial charge in [0.25, 0.3) is 5.91 Å². The number of hydrogen-bond donors (Lipinski definition) is 2. The first kappa shape index (κ1) is 14.9. The Balaban J connectivity index is 0.00000162. The van der Waals surface area contributed by atoms with Crippen molar-refractivity contribution < 1.29 is 14.3 Å². The molecule has 1 amide bonds. The third kappa shape index (κ3) is 3.19. The molecule has 0 aromatic heterocycles. The van der Waals surface area contributed by atoms with Crippen LogP contribution >= 0.6 is 24.0 Å². The van der Waals surface area contributed by atoms with E-state index >= 15 is 0 Å². The number of carbonyl (C=O) groups is 1. The van der Waals surface area contributed by atoms with E-state index in [4.69, 9.17) is 26.8 Å². The van der Waals surface area contributed by atoms with Gasteiger partial charge in [0, 0.05) is 12.1 Å². The van der Waals surface area contributed by atoms with Crippen LogP contribution in [0.15, 0.2) is 12.1 Å². The van der Waals surface area contributed by atoms with Crippen LogP contribution in [0.4, 0.5) is 0 Å². The van der Waals surface area contributed by atoms with Gasteiger partial charge in [-0.05, 0) is 25.1 Å². The first-order chi connectivity index (χ1) is 8.22. The number of rotatable bonds is 4. The van der Waals surface area contributed by atoms with Crippen LogP contribution in [0.1, 0.15) is 16.8 Å². The van der Waals surface area contributed by atoms with E-state index in [2.05, 4.69) is 5.32 Å². The number of fused-ring (bicyclic) bond motifs is 1. The van der Waals surface area contributed by atoms with Crippen molar-refractivity contribution in [3.05, 3.63) is 22.7 Å². The lowest BCUT2D eigenvalue weighted by molar-refractivity contribution is 0.0953. The molecule has 0 fully saturated rings. The molecule has 0 saturated heterocycles. The minimum atomic E-state index is -0.196. The Hall–Kier alpha value is -1.17. The molecular formula is C11H14Cl2N2O3. The van der Waals surface area contributed by atoms with Crippen molar-refractivity contribution in [2.45, 2.75) is 6.42 Å². The number of halogens is 2. The summed E-state index contributed by atoms with van der Waals surface area (Å²) in [5, 5.41) is 3.12. The molecule has 1 aromatic rings. The molecule has 5 nitrogen and oxygen atoms in total. The summed E-state index contributed by atoms with van der Waals surface area (Å²) in [6.07, 6.45) is 0.740. The van der Waals surface area contributed by atoms with E-state index in [-0.39, 0.29) is 25.1 Å². The second-order valence-corrected chi connectivity index (χ2v) is 4.00. The normalized spacial score (nSPS) is 11.9. The Morgan fingerprint density at radius 1 is 1.44 bits per heavy atom. The first-order valence-corrected chi connectivity index (χ1v) is 5.67. The average molecular weight is 293 g/mol. The van der Waals surface area contributed by atoms with Crippen LogP contribution in [0.2, 0.25) is 5.02 Å². The summed E-state index contributed by atoms with van der Waals surface area (Å²) in [6, 6.07) is 3.18. The molecule has 0 bridgehead atoms. The molecule has 100 valence electrons. The van der Waals surface area contributed by atoms with E-state index in [0.29, 0.717) is 35.2 Å². The van der Waals surface area contributed by atoms with Gasteiger partial charge in [-0.15, -0.1) is 12.4 Å². The van der Waals surface area contributed by atoms with Crippen molar-refractivity contribution in [2.75, 3.05) is 19.9 Å². The Labute approximate surface area is 116 Å². The summed E-state index contributed by atoms with van der Waals surface area (Å²) in [5.41, 5.74) is 5.80. The number of benzene rings is 1. The second-order valence-electron chi connectivity index (χ2n) is 3.59. The number of carbonyl (C=O) groups excluding carboxylic acids is 1. The van der Waals surface area contributed by atoms with Crippen LogP contribution in [0, 0.1) is 0 Å². The molecular weight excluding hydrogens is 279 g/mol. The highest BCUT2D eigenvalue weighted by Gasteiger charge is 2.20. The quantitative estimate of drug-likeness (QED) is 0.826. The number of nitrogens with two attached hydrogens (primary N) is 1. The molecule has 1 aliphatic rings. The number of amides is 1. The summed E-state index contributed by atoms with van der Waals surface area (Å²) in [4.78, 5) is 11.8.